The summed E-state index contributed by atoms with van der Waals surface area (Å²) in [5, 5.41) is 12.2. The van der Waals surface area contributed by atoms with Crippen LogP contribution in [0.3, 0.4) is 0 Å². The summed E-state index contributed by atoms with van der Waals surface area (Å²) in [5.74, 6) is 0.163. The average Bonchev–Trinajstić information content (AvgIpc) is 3.43. The van der Waals surface area contributed by atoms with Gasteiger partial charge in [0, 0.05) is 16.0 Å². The van der Waals surface area contributed by atoms with Gasteiger partial charge in [0.15, 0.2) is 4.80 Å². The highest BCUT2D eigenvalue weighted by molar-refractivity contribution is 7.10. The fourth-order valence-corrected chi connectivity index (χ4v) is 6.31. The molecule has 0 radical (unpaired) electrons. The number of fused-ring (bicyclic) bond motifs is 3. The summed E-state index contributed by atoms with van der Waals surface area (Å²) in [7, 11) is 0. The number of phenols is 1. The maximum Gasteiger partial charge on any atom is 0.271 e. The van der Waals surface area contributed by atoms with Crippen LogP contribution in [0.2, 0.25) is 0 Å². The van der Waals surface area contributed by atoms with E-state index < -0.39 is 0 Å². The van der Waals surface area contributed by atoms with Crippen LogP contribution in [0.1, 0.15) is 34.0 Å². The van der Waals surface area contributed by atoms with E-state index in [1.807, 2.05) is 22.8 Å². The van der Waals surface area contributed by atoms with Gasteiger partial charge in [0.05, 0.1) is 16.3 Å². The third-order valence-electron chi connectivity index (χ3n) is 5.91. The lowest BCUT2D eigenvalue weighted by molar-refractivity contribution is 0.474. The van der Waals surface area contributed by atoms with Gasteiger partial charge in [-0.2, -0.15) is 0 Å². The number of phenolic OH excluding ortho intramolecular Hbond substituents is 1. The van der Waals surface area contributed by atoms with Gasteiger partial charge in [0.1, 0.15) is 5.75 Å². The second kappa shape index (κ2) is 7.18. The van der Waals surface area contributed by atoms with E-state index in [1.165, 1.54) is 28.0 Å². The van der Waals surface area contributed by atoms with E-state index in [1.54, 1.807) is 29.5 Å². The number of para-hydroxylation sites is 1. The number of benzene rings is 2. The van der Waals surface area contributed by atoms with Gasteiger partial charge >= 0.3 is 0 Å². The number of aryl methyl sites for hydroxylation is 1. The molecule has 152 valence electrons. The van der Waals surface area contributed by atoms with E-state index in [2.05, 4.69) is 35.7 Å². The van der Waals surface area contributed by atoms with Gasteiger partial charge in [-0.15, -0.1) is 11.3 Å². The second-order valence-electron chi connectivity index (χ2n) is 7.69. The summed E-state index contributed by atoms with van der Waals surface area (Å²) in [5.41, 5.74) is 5.27. The first-order valence-corrected chi connectivity index (χ1v) is 11.8. The molecule has 0 bridgehead atoms. The molecule has 0 unspecified atom stereocenters. The normalized spacial score (nSPS) is 17.7. The summed E-state index contributed by atoms with van der Waals surface area (Å²) in [6, 6.07) is 19.5. The zero-order chi connectivity index (χ0) is 20.9. The molecule has 0 spiro atoms. The highest BCUT2D eigenvalue weighted by Crippen LogP contribution is 2.42. The molecule has 2 aliphatic rings. The molecule has 0 saturated carbocycles. The number of nitrogens with zero attached hydrogens (tertiary/aromatic N) is 2. The van der Waals surface area contributed by atoms with Crippen LogP contribution >= 0.6 is 22.7 Å². The van der Waals surface area contributed by atoms with Crippen LogP contribution in [-0.4, -0.2) is 9.67 Å². The van der Waals surface area contributed by atoms with E-state index in [9.17, 15) is 9.90 Å². The van der Waals surface area contributed by atoms with Crippen molar-refractivity contribution in [3.63, 3.8) is 0 Å². The van der Waals surface area contributed by atoms with E-state index in [0.717, 1.165) is 23.4 Å². The minimum absolute atomic E-state index is 0.0594. The number of hydrogen-bond acceptors (Lipinski definition) is 5. The van der Waals surface area contributed by atoms with Crippen molar-refractivity contribution in [3.8, 4) is 5.75 Å². The average molecular weight is 443 g/mol. The summed E-state index contributed by atoms with van der Waals surface area (Å²) in [4.78, 5) is 20.4. The van der Waals surface area contributed by atoms with Crippen molar-refractivity contribution in [1.29, 1.82) is 0 Å². The van der Waals surface area contributed by atoms with Gasteiger partial charge in [-0.25, -0.2) is 4.99 Å². The van der Waals surface area contributed by atoms with E-state index in [4.69, 9.17) is 4.99 Å². The Kier molecular flexibility index (Phi) is 4.30. The van der Waals surface area contributed by atoms with Crippen LogP contribution in [0.25, 0.3) is 11.8 Å². The molecule has 1 N–H and O–H groups in total. The third kappa shape index (κ3) is 2.94. The van der Waals surface area contributed by atoms with Gasteiger partial charge in [-0.3, -0.25) is 9.36 Å². The molecule has 0 saturated heterocycles. The van der Waals surface area contributed by atoms with Crippen LogP contribution in [-0.2, 0) is 6.42 Å². The van der Waals surface area contributed by atoms with Gasteiger partial charge in [0.25, 0.3) is 5.56 Å². The van der Waals surface area contributed by atoms with Crippen LogP contribution in [0.15, 0.2) is 81.4 Å². The first kappa shape index (κ1) is 18.5. The zero-order valence-corrected chi connectivity index (χ0v) is 18.1. The highest BCUT2D eigenvalue weighted by atomic mass is 32.1. The Labute approximate surface area is 186 Å². The Morgan fingerprint density at radius 1 is 1.03 bits per heavy atom. The van der Waals surface area contributed by atoms with Gasteiger partial charge in [-0.05, 0) is 47.6 Å². The predicted octanol–water partition coefficient (Wildman–Crippen LogP) is 4.09. The molecular weight excluding hydrogens is 424 g/mol. The Bertz CT molecular complexity index is 1520. The minimum atomic E-state index is -0.133. The van der Waals surface area contributed by atoms with Crippen LogP contribution < -0.4 is 14.9 Å². The second-order valence-corrected chi connectivity index (χ2v) is 9.68. The number of aromatic nitrogens is 1. The SMILES string of the molecule is O=c1/c(=C/c2ccccc2O)sc2n1[C@@H](c1cccs1)C1=C(N=2)c2ccccc2CC1. The highest BCUT2D eigenvalue weighted by Gasteiger charge is 2.32. The summed E-state index contributed by atoms with van der Waals surface area (Å²) in [6.07, 6.45) is 3.61. The molecule has 31 heavy (non-hydrogen) atoms. The Morgan fingerprint density at radius 2 is 1.87 bits per heavy atom. The van der Waals surface area contributed by atoms with E-state index >= 15 is 0 Å². The van der Waals surface area contributed by atoms with Gasteiger partial charge < -0.3 is 5.11 Å². The lowest BCUT2D eigenvalue weighted by Gasteiger charge is -2.30. The van der Waals surface area contributed by atoms with Gasteiger partial charge in [-0.1, -0.05) is 59.9 Å². The third-order valence-corrected chi connectivity index (χ3v) is 7.82. The van der Waals surface area contributed by atoms with Crippen LogP contribution in [0.5, 0.6) is 5.75 Å². The number of thiazole rings is 1. The maximum atomic E-state index is 13.5. The van der Waals surface area contributed by atoms with Gasteiger partial charge in [0.2, 0.25) is 0 Å². The molecule has 2 aromatic carbocycles. The van der Waals surface area contributed by atoms with Crippen molar-refractivity contribution in [1.82, 2.24) is 4.57 Å². The molecule has 0 amide bonds. The van der Waals surface area contributed by atoms with Crippen molar-refractivity contribution in [2.45, 2.75) is 18.9 Å². The number of aromatic hydroxyl groups is 1. The number of thiophene rings is 1. The molecule has 4 aromatic rings. The molecule has 6 heteroatoms. The Balaban J connectivity index is 1.64. The molecular formula is C25H18N2O2S2. The standard InChI is InChI=1S/C25H18N2O2S2/c28-19-9-4-2-7-16(19)14-21-24(29)27-23(20-10-5-13-30-20)18-12-11-15-6-1-3-8-17(15)22(18)26-25(27)31-21/h1-10,13-14,23,28H,11-12H2/b21-14-/t23-/m1/s1. The zero-order valence-electron chi connectivity index (χ0n) is 16.5. The van der Waals surface area contributed by atoms with Crippen molar-refractivity contribution >= 4 is 34.4 Å². The Morgan fingerprint density at radius 3 is 2.71 bits per heavy atom. The number of rotatable bonds is 2. The van der Waals surface area contributed by atoms with E-state index in [0.29, 0.717) is 14.9 Å². The molecule has 0 fully saturated rings. The summed E-state index contributed by atoms with van der Waals surface area (Å²) in [6.45, 7) is 0. The topological polar surface area (TPSA) is 54.6 Å². The quantitative estimate of drug-likeness (QED) is 0.509. The molecule has 2 aromatic heterocycles. The first-order chi connectivity index (χ1) is 15.2. The molecule has 1 aliphatic carbocycles. The minimum Gasteiger partial charge on any atom is -0.507 e. The lowest BCUT2D eigenvalue weighted by Crippen LogP contribution is -2.38. The number of hydrogen-bond donors (Lipinski definition) is 1. The molecule has 4 nitrogen and oxygen atoms in total. The largest absolute Gasteiger partial charge is 0.507 e. The van der Waals surface area contributed by atoms with E-state index in [-0.39, 0.29) is 17.4 Å². The number of allylic oxidation sites excluding steroid dienone is 1. The monoisotopic (exact) mass is 442 g/mol. The van der Waals surface area contributed by atoms with Crippen molar-refractivity contribution in [3.05, 3.63) is 113 Å². The van der Waals surface area contributed by atoms with Crippen molar-refractivity contribution in [2.24, 2.45) is 4.99 Å². The molecule has 1 aliphatic heterocycles. The van der Waals surface area contributed by atoms with Crippen LogP contribution in [0, 0.1) is 0 Å². The Hall–Kier alpha value is -3.22. The molecule has 3 heterocycles. The fraction of sp³-hybridized carbons (Fsp3) is 0.120. The molecule has 1 atom stereocenters. The smallest absolute Gasteiger partial charge is 0.271 e. The summed E-state index contributed by atoms with van der Waals surface area (Å²) >= 11 is 3.06. The van der Waals surface area contributed by atoms with Crippen molar-refractivity contribution < 1.29 is 5.11 Å². The lowest BCUT2D eigenvalue weighted by atomic mass is 9.85. The predicted molar refractivity (Wildman–Crippen MR) is 125 cm³/mol. The fourth-order valence-electron chi connectivity index (χ4n) is 4.47. The summed E-state index contributed by atoms with van der Waals surface area (Å²) < 4.78 is 2.42. The maximum absolute atomic E-state index is 13.5. The van der Waals surface area contributed by atoms with Crippen LogP contribution in [0.4, 0.5) is 0 Å². The molecule has 6 rings (SSSR count). The first-order valence-electron chi connectivity index (χ1n) is 10.2. The van der Waals surface area contributed by atoms with Crippen molar-refractivity contribution in [2.75, 3.05) is 0 Å².